The van der Waals surface area contributed by atoms with Crippen molar-refractivity contribution in [3.63, 3.8) is 0 Å². The first-order chi connectivity index (χ1) is 11.6. The van der Waals surface area contributed by atoms with Crippen molar-refractivity contribution in [2.24, 2.45) is 14.1 Å². The molecule has 130 valence electrons. The molecule has 2 heterocycles. The van der Waals surface area contributed by atoms with Gasteiger partial charge in [0.25, 0.3) is 15.6 Å². The van der Waals surface area contributed by atoms with E-state index in [0.29, 0.717) is 9.65 Å². The number of rotatable bonds is 3. The molecule has 0 aliphatic carbocycles. The van der Waals surface area contributed by atoms with Crippen LogP contribution in [0.15, 0.2) is 44.9 Å². The number of aromatic nitrogens is 4. The fourth-order valence-electron chi connectivity index (χ4n) is 2.42. The number of carbonyl (C=O) groups excluding carboxylic acids is 1. The molecule has 0 N–H and O–H groups in total. The van der Waals surface area contributed by atoms with Crippen LogP contribution in [0.4, 0.5) is 0 Å². The number of hydrogen-bond donors (Lipinski definition) is 0. The van der Waals surface area contributed by atoms with Crippen molar-refractivity contribution in [2.75, 3.05) is 0 Å². The highest BCUT2D eigenvalue weighted by Crippen LogP contribution is 2.16. The highest BCUT2D eigenvalue weighted by molar-refractivity contribution is 7.89. The van der Waals surface area contributed by atoms with Crippen molar-refractivity contribution in [2.45, 2.75) is 11.8 Å². The normalized spacial score (nSPS) is 11.8. The molecule has 0 spiro atoms. The average Bonchev–Trinajstić information content (AvgIpc) is 3.04. The lowest BCUT2D eigenvalue weighted by atomic mass is 10.2. The maximum Gasteiger partial charge on any atom is 0.332 e. The van der Waals surface area contributed by atoms with Crippen LogP contribution in [0.5, 0.6) is 0 Å². The van der Waals surface area contributed by atoms with Crippen LogP contribution in [0, 0.1) is 0 Å². The largest absolute Gasteiger partial charge is 0.332 e. The van der Waals surface area contributed by atoms with Gasteiger partial charge < -0.3 is 0 Å². The van der Waals surface area contributed by atoms with Crippen molar-refractivity contribution < 1.29 is 13.2 Å². The average molecular weight is 362 g/mol. The summed E-state index contributed by atoms with van der Waals surface area (Å²) in [7, 11) is -1.37. The Balaban J connectivity index is 2.23. The molecule has 0 bridgehead atoms. The molecule has 0 aliphatic heterocycles. The van der Waals surface area contributed by atoms with Gasteiger partial charge in [0, 0.05) is 19.7 Å². The Hall–Kier alpha value is -3.01. The zero-order valence-electron chi connectivity index (χ0n) is 13.6. The fraction of sp³-hybridized carbons (Fsp3) is 0.200. The summed E-state index contributed by atoms with van der Waals surface area (Å²) in [5, 5.41) is 3.90. The molecule has 10 heteroatoms. The number of benzene rings is 1. The predicted molar refractivity (Wildman–Crippen MR) is 89.2 cm³/mol. The van der Waals surface area contributed by atoms with Crippen LogP contribution in [0.1, 0.15) is 17.3 Å². The first-order valence-corrected chi connectivity index (χ1v) is 8.60. The van der Waals surface area contributed by atoms with E-state index in [4.69, 9.17) is 0 Å². The summed E-state index contributed by atoms with van der Waals surface area (Å²) in [4.78, 5) is 35.3. The second-order valence-corrected chi connectivity index (χ2v) is 7.33. The van der Waals surface area contributed by atoms with Gasteiger partial charge in [0.05, 0.1) is 11.1 Å². The Kier molecular flexibility index (Phi) is 3.72. The Morgan fingerprint density at radius 2 is 1.64 bits per heavy atom. The highest BCUT2D eigenvalue weighted by Gasteiger charge is 2.22. The van der Waals surface area contributed by atoms with Crippen molar-refractivity contribution in [1.29, 1.82) is 0 Å². The van der Waals surface area contributed by atoms with Gasteiger partial charge in [-0.15, -0.1) is 5.10 Å². The molecule has 3 aromatic rings. The summed E-state index contributed by atoms with van der Waals surface area (Å²) in [6, 6.07) is 5.37. The van der Waals surface area contributed by atoms with Gasteiger partial charge >= 0.3 is 5.69 Å². The zero-order chi connectivity index (χ0) is 18.5. The van der Waals surface area contributed by atoms with E-state index in [1.165, 1.54) is 45.3 Å². The van der Waals surface area contributed by atoms with Crippen LogP contribution >= 0.6 is 0 Å². The summed E-state index contributed by atoms with van der Waals surface area (Å²) < 4.78 is 28.0. The molecule has 0 aliphatic rings. The van der Waals surface area contributed by atoms with Crippen molar-refractivity contribution in [3.8, 4) is 0 Å². The number of aryl methyl sites for hydroxylation is 1. The molecule has 0 saturated heterocycles. The molecule has 3 rings (SSSR count). The smallest absolute Gasteiger partial charge is 0.295 e. The first kappa shape index (κ1) is 16.8. The van der Waals surface area contributed by atoms with Crippen LogP contribution in [0.25, 0.3) is 11.0 Å². The lowest BCUT2D eigenvalue weighted by Gasteiger charge is -2.04. The molecule has 0 radical (unpaired) electrons. The van der Waals surface area contributed by atoms with E-state index in [2.05, 4.69) is 5.10 Å². The minimum absolute atomic E-state index is 0.00790. The van der Waals surface area contributed by atoms with E-state index in [1.807, 2.05) is 0 Å². The van der Waals surface area contributed by atoms with E-state index >= 15 is 0 Å². The van der Waals surface area contributed by atoms with Gasteiger partial charge in [-0.2, -0.15) is 12.5 Å². The summed E-state index contributed by atoms with van der Waals surface area (Å²) in [6.45, 7) is 1.38. The Morgan fingerprint density at radius 1 is 1.04 bits per heavy atom. The third-order valence-corrected chi connectivity index (χ3v) is 5.45. The summed E-state index contributed by atoms with van der Waals surface area (Å²) in [6.07, 6.45) is 1.07. The van der Waals surface area contributed by atoms with Crippen LogP contribution in [0.2, 0.25) is 0 Å². The van der Waals surface area contributed by atoms with E-state index in [-0.39, 0.29) is 21.7 Å². The molecule has 25 heavy (non-hydrogen) atoms. The quantitative estimate of drug-likeness (QED) is 0.600. The maximum atomic E-state index is 12.7. The van der Waals surface area contributed by atoms with Crippen molar-refractivity contribution in [1.82, 2.24) is 18.3 Å². The SMILES string of the molecule is CC(=O)c1ccc(S(=O)(=O)n2cc3c(=O)n(C)c(=O)n(C)c3n2)cc1. The van der Waals surface area contributed by atoms with Gasteiger partial charge in [0.15, 0.2) is 11.4 Å². The van der Waals surface area contributed by atoms with Gasteiger partial charge in [0.2, 0.25) is 0 Å². The van der Waals surface area contributed by atoms with E-state index < -0.39 is 21.3 Å². The molecule has 0 saturated carbocycles. The second-order valence-electron chi connectivity index (χ2n) is 5.53. The zero-order valence-corrected chi connectivity index (χ0v) is 14.4. The maximum absolute atomic E-state index is 12.7. The monoisotopic (exact) mass is 362 g/mol. The van der Waals surface area contributed by atoms with Crippen LogP contribution in [0.3, 0.4) is 0 Å². The van der Waals surface area contributed by atoms with Crippen LogP contribution in [-0.2, 0) is 24.1 Å². The third-order valence-electron chi connectivity index (χ3n) is 3.91. The number of fused-ring (bicyclic) bond motifs is 1. The molecule has 2 aromatic heterocycles. The predicted octanol–water partition coefficient (Wildman–Crippen LogP) is -0.127. The standard InChI is InChI=1S/C15H14N4O5S/c1-9(20)10-4-6-11(7-5-10)25(23,24)19-8-12-13(16-19)17(2)15(22)18(3)14(12)21/h4-8H,1-3H3. The molecule has 0 fully saturated rings. The van der Waals surface area contributed by atoms with Crippen LogP contribution in [-0.4, -0.2) is 32.5 Å². The topological polar surface area (TPSA) is 113 Å². The lowest BCUT2D eigenvalue weighted by molar-refractivity contribution is 0.101. The van der Waals surface area contributed by atoms with E-state index in [0.717, 1.165) is 15.3 Å². The minimum atomic E-state index is -4.07. The van der Waals surface area contributed by atoms with Crippen molar-refractivity contribution >= 4 is 26.8 Å². The summed E-state index contributed by atoms with van der Waals surface area (Å²) in [5.74, 6) is -0.188. The molecule has 1 aromatic carbocycles. The molecule has 9 nitrogen and oxygen atoms in total. The molecule has 0 atom stereocenters. The van der Waals surface area contributed by atoms with Gasteiger partial charge in [0.1, 0.15) is 5.39 Å². The number of nitrogens with zero attached hydrogens (tertiary/aromatic N) is 4. The first-order valence-electron chi connectivity index (χ1n) is 7.16. The number of ketones is 1. The van der Waals surface area contributed by atoms with Crippen molar-refractivity contribution in [3.05, 3.63) is 56.9 Å². The Labute approximate surface area is 141 Å². The van der Waals surface area contributed by atoms with E-state index in [1.54, 1.807) is 0 Å². The molecule has 0 amide bonds. The Bertz CT molecular complexity index is 1230. The lowest BCUT2D eigenvalue weighted by Crippen LogP contribution is -2.36. The fourth-order valence-corrected chi connectivity index (χ4v) is 3.54. The minimum Gasteiger partial charge on any atom is -0.295 e. The molecular formula is C15H14N4O5S. The van der Waals surface area contributed by atoms with Gasteiger partial charge in [-0.3, -0.25) is 18.7 Å². The third kappa shape index (κ3) is 2.50. The highest BCUT2D eigenvalue weighted by atomic mass is 32.2. The van der Waals surface area contributed by atoms with Gasteiger partial charge in [-0.05, 0) is 19.1 Å². The molecule has 0 unspecified atom stereocenters. The summed E-state index contributed by atoms with van der Waals surface area (Å²) in [5.41, 5.74) is -0.893. The van der Waals surface area contributed by atoms with Gasteiger partial charge in [-0.1, -0.05) is 12.1 Å². The molecular weight excluding hydrogens is 348 g/mol. The van der Waals surface area contributed by atoms with Crippen LogP contribution < -0.4 is 11.2 Å². The summed E-state index contributed by atoms with van der Waals surface area (Å²) >= 11 is 0. The number of hydrogen-bond acceptors (Lipinski definition) is 6. The number of Topliss-reactive ketones (excluding diaryl/α,β-unsaturated/α-hetero) is 1. The van der Waals surface area contributed by atoms with Gasteiger partial charge in [-0.25, -0.2) is 4.79 Å². The van der Waals surface area contributed by atoms with E-state index in [9.17, 15) is 22.8 Å². The number of carbonyl (C=O) groups is 1. The second kappa shape index (κ2) is 5.52. The Morgan fingerprint density at radius 3 is 2.20 bits per heavy atom.